The van der Waals surface area contributed by atoms with Crippen LogP contribution < -0.4 is 5.56 Å². The zero-order valence-electron chi connectivity index (χ0n) is 16.8. The number of carbonyl (C=O) groups is 1. The summed E-state index contributed by atoms with van der Waals surface area (Å²) in [5, 5.41) is 0.543. The molecule has 0 radical (unpaired) electrons. The number of hydrogen-bond donors (Lipinski definition) is 1. The Morgan fingerprint density at radius 2 is 1.63 bits per heavy atom. The molecule has 4 aromatic rings. The van der Waals surface area contributed by atoms with Crippen molar-refractivity contribution in [3.05, 3.63) is 112 Å². The molecule has 5 heteroatoms. The fourth-order valence-electron chi connectivity index (χ4n) is 3.43. The smallest absolute Gasteiger partial charge is 0.258 e. The molecule has 1 amide bonds. The number of para-hydroxylation sites is 1. The molecular formula is C25H23N3O2. The van der Waals surface area contributed by atoms with Crippen molar-refractivity contribution in [1.29, 1.82) is 0 Å². The van der Waals surface area contributed by atoms with Crippen molar-refractivity contribution < 1.29 is 4.79 Å². The summed E-state index contributed by atoms with van der Waals surface area (Å²) in [4.78, 5) is 34.8. The van der Waals surface area contributed by atoms with E-state index < -0.39 is 0 Å². The molecule has 1 N–H and O–H groups in total. The molecule has 0 fully saturated rings. The number of rotatable bonds is 6. The molecule has 5 nitrogen and oxygen atoms in total. The normalized spacial score (nSPS) is 10.8. The lowest BCUT2D eigenvalue weighted by Gasteiger charge is -2.22. The molecular weight excluding hydrogens is 374 g/mol. The van der Waals surface area contributed by atoms with Crippen LogP contribution in [0.4, 0.5) is 0 Å². The van der Waals surface area contributed by atoms with Crippen LogP contribution >= 0.6 is 0 Å². The van der Waals surface area contributed by atoms with Crippen LogP contribution in [0.25, 0.3) is 10.9 Å². The molecule has 0 unspecified atom stereocenters. The summed E-state index contributed by atoms with van der Waals surface area (Å²) in [5.74, 6) is 0.397. The third-order valence-corrected chi connectivity index (χ3v) is 5.10. The van der Waals surface area contributed by atoms with Gasteiger partial charge in [-0.1, -0.05) is 60.2 Å². The first-order valence-electron chi connectivity index (χ1n) is 9.98. The minimum absolute atomic E-state index is 0.0817. The van der Waals surface area contributed by atoms with Gasteiger partial charge in [-0.05, 0) is 43.2 Å². The van der Waals surface area contributed by atoms with E-state index in [9.17, 15) is 9.59 Å². The van der Waals surface area contributed by atoms with E-state index in [2.05, 4.69) is 9.97 Å². The third kappa shape index (κ3) is 4.46. The zero-order valence-corrected chi connectivity index (χ0v) is 16.8. The number of benzene rings is 3. The highest BCUT2D eigenvalue weighted by Gasteiger charge is 2.18. The van der Waals surface area contributed by atoms with Gasteiger partial charge in [0.2, 0.25) is 0 Å². The lowest BCUT2D eigenvalue weighted by atomic mass is 10.1. The van der Waals surface area contributed by atoms with Crippen LogP contribution in [0.15, 0.2) is 83.7 Å². The quantitative estimate of drug-likeness (QED) is 0.532. The van der Waals surface area contributed by atoms with Crippen LogP contribution in [-0.4, -0.2) is 27.3 Å². The van der Waals surface area contributed by atoms with Crippen molar-refractivity contribution in [3.8, 4) is 0 Å². The summed E-state index contributed by atoms with van der Waals surface area (Å²) in [6, 6.07) is 24.8. The number of aromatic amines is 1. The van der Waals surface area contributed by atoms with Gasteiger partial charge >= 0.3 is 0 Å². The summed E-state index contributed by atoms with van der Waals surface area (Å²) < 4.78 is 0. The van der Waals surface area contributed by atoms with E-state index in [1.807, 2.05) is 79.7 Å². The van der Waals surface area contributed by atoms with E-state index in [0.717, 1.165) is 17.5 Å². The van der Waals surface area contributed by atoms with Crippen molar-refractivity contribution >= 4 is 16.8 Å². The van der Waals surface area contributed by atoms with Crippen molar-refractivity contribution in [2.24, 2.45) is 0 Å². The minimum Gasteiger partial charge on any atom is -0.331 e. The Hall–Kier alpha value is -3.73. The van der Waals surface area contributed by atoms with Crippen molar-refractivity contribution in [2.45, 2.75) is 19.9 Å². The Morgan fingerprint density at radius 1 is 0.933 bits per heavy atom. The van der Waals surface area contributed by atoms with Crippen LogP contribution in [0.1, 0.15) is 27.3 Å². The molecule has 1 aromatic heterocycles. The number of aryl methyl sites for hydroxylation is 1. The molecule has 0 aliphatic heterocycles. The van der Waals surface area contributed by atoms with Crippen molar-refractivity contribution in [1.82, 2.24) is 14.9 Å². The van der Waals surface area contributed by atoms with Crippen LogP contribution in [0.2, 0.25) is 0 Å². The molecule has 0 spiro atoms. The second-order valence-corrected chi connectivity index (χ2v) is 7.36. The monoisotopic (exact) mass is 397 g/mol. The average Bonchev–Trinajstić information content (AvgIpc) is 2.77. The van der Waals surface area contributed by atoms with Crippen LogP contribution in [-0.2, 0) is 13.0 Å². The predicted molar refractivity (Wildman–Crippen MR) is 118 cm³/mol. The lowest BCUT2D eigenvalue weighted by Crippen LogP contribution is -2.34. The first-order valence-corrected chi connectivity index (χ1v) is 9.98. The van der Waals surface area contributed by atoms with E-state index in [1.54, 1.807) is 11.0 Å². The Labute approximate surface area is 175 Å². The highest BCUT2D eigenvalue weighted by atomic mass is 16.2. The van der Waals surface area contributed by atoms with Crippen molar-refractivity contribution in [2.75, 3.05) is 6.54 Å². The molecule has 150 valence electrons. The number of H-pyrrole nitrogens is 1. The largest absolute Gasteiger partial charge is 0.331 e. The summed E-state index contributed by atoms with van der Waals surface area (Å²) >= 11 is 0. The van der Waals surface area contributed by atoms with E-state index in [-0.39, 0.29) is 18.0 Å². The highest BCUT2D eigenvalue weighted by molar-refractivity contribution is 5.94. The fraction of sp³-hybridized carbons (Fsp3) is 0.160. The summed E-state index contributed by atoms with van der Waals surface area (Å²) in [6.07, 6.45) is 0.719. The topological polar surface area (TPSA) is 66.1 Å². The van der Waals surface area contributed by atoms with E-state index >= 15 is 0 Å². The summed E-state index contributed by atoms with van der Waals surface area (Å²) in [6.45, 7) is 2.75. The molecule has 0 aliphatic rings. The maximum Gasteiger partial charge on any atom is 0.258 e. The molecule has 4 rings (SSSR count). The lowest BCUT2D eigenvalue weighted by molar-refractivity contribution is 0.0741. The van der Waals surface area contributed by atoms with Gasteiger partial charge in [-0.2, -0.15) is 0 Å². The summed E-state index contributed by atoms with van der Waals surface area (Å²) in [5.41, 5.74) is 3.31. The molecule has 0 bridgehead atoms. The Bertz CT molecular complexity index is 1210. The van der Waals surface area contributed by atoms with E-state index in [0.29, 0.717) is 28.8 Å². The third-order valence-electron chi connectivity index (χ3n) is 5.10. The van der Waals surface area contributed by atoms with Crippen LogP contribution in [0.3, 0.4) is 0 Å². The van der Waals surface area contributed by atoms with Gasteiger partial charge in [-0.15, -0.1) is 0 Å². The molecule has 3 aromatic carbocycles. The Kier molecular flexibility index (Phi) is 5.70. The number of aromatic nitrogens is 2. The Morgan fingerprint density at radius 3 is 2.40 bits per heavy atom. The minimum atomic E-state index is -0.193. The number of carbonyl (C=O) groups excluding carboxylic acids is 1. The molecule has 0 aliphatic carbocycles. The van der Waals surface area contributed by atoms with Gasteiger partial charge < -0.3 is 9.88 Å². The van der Waals surface area contributed by atoms with E-state index in [1.165, 1.54) is 0 Å². The Balaban J connectivity index is 1.63. The van der Waals surface area contributed by atoms with Crippen LogP contribution in [0.5, 0.6) is 0 Å². The van der Waals surface area contributed by atoms with E-state index in [4.69, 9.17) is 0 Å². The molecule has 0 saturated carbocycles. The predicted octanol–water partition coefficient (Wildman–Crippen LogP) is 4.12. The van der Waals surface area contributed by atoms with Gasteiger partial charge in [0.25, 0.3) is 11.5 Å². The molecule has 1 heterocycles. The molecule has 0 atom stereocenters. The summed E-state index contributed by atoms with van der Waals surface area (Å²) in [7, 11) is 0. The van der Waals surface area contributed by atoms with Crippen LogP contribution in [0, 0.1) is 6.92 Å². The van der Waals surface area contributed by atoms with Gasteiger partial charge in [-0.25, -0.2) is 4.98 Å². The van der Waals surface area contributed by atoms with Gasteiger partial charge in [0.05, 0.1) is 17.4 Å². The van der Waals surface area contributed by atoms with Gasteiger partial charge in [0, 0.05) is 12.1 Å². The molecule has 30 heavy (non-hydrogen) atoms. The number of hydrogen-bond acceptors (Lipinski definition) is 3. The number of fused-ring (bicyclic) bond motifs is 1. The first kappa shape index (κ1) is 19.6. The first-order chi connectivity index (χ1) is 14.6. The SMILES string of the molecule is Cc1ccc(C(=O)N(CCc2ccccc2)Cc2nc3ccccc3c(=O)[nH]2)cc1. The highest BCUT2D eigenvalue weighted by Crippen LogP contribution is 2.13. The average molecular weight is 397 g/mol. The standard InChI is InChI=1S/C25H23N3O2/c1-18-11-13-20(14-12-18)25(30)28(16-15-19-7-3-2-4-8-19)17-23-26-22-10-6-5-9-21(22)24(29)27-23/h2-14H,15-17H2,1H3,(H,26,27,29). The molecule has 0 saturated heterocycles. The number of nitrogens with one attached hydrogen (secondary N) is 1. The number of amides is 1. The maximum absolute atomic E-state index is 13.2. The second-order valence-electron chi connectivity index (χ2n) is 7.36. The van der Waals surface area contributed by atoms with Gasteiger partial charge in [0.15, 0.2) is 0 Å². The maximum atomic E-state index is 13.2. The second kappa shape index (κ2) is 8.74. The van der Waals surface area contributed by atoms with Crippen molar-refractivity contribution in [3.63, 3.8) is 0 Å². The zero-order chi connectivity index (χ0) is 20.9. The fourth-order valence-corrected chi connectivity index (χ4v) is 3.43. The number of nitrogens with zero attached hydrogens (tertiary/aromatic N) is 2. The van der Waals surface area contributed by atoms with Gasteiger partial charge in [0.1, 0.15) is 5.82 Å². The van der Waals surface area contributed by atoms with Gasteiger partial charge in [-0.3, -0.25) is 9.59 Å².